The molecule has 1 aromatic heterocycles. The Balaban J connectivity index is 2.79. The van der Waals surface area contributed by atoms with Crippen LogP contribution in [0, 0.1) is 0 Å². The van der Waals surface area contributed by atoms with Crippen molar-refractivity contribution >= 4 is 21.9 Å². The van der Waals surface area contributed by atoms with Gasteiger partial charge in [-0.05, 0) is 22.9 Å². The molecule has 0 amide bonds. The van der Waals surface area contributed by atoms with E-state index in [0.717, 1.165) is 0 Å². The van der Waals surface area contributed by atoms with Gasteiger partial charge in [-0.25, -0.2) is 14.8 Å². The number of nitrogens with zero attached hydrogens (tertiary/aromatic N) is 2. The SMILES string of the molecule is CC(O)(Cc1ncc(Br)cn1)C(=O)O. The third kappa shape index (κ3) is 2.74. The summed E-state index contributed by atoms with van der Waals surface area (Å²) in [5, 5.41) is 18.1. The normalized spacial score (nSPS) is 14.8. The van der Waals surface area contributed by atoms with Gasteiger partial charge in [-0.3, -0.25) is 0 Å². The average Bonchev–Trinajstić information content (AvgIpc) is 2.08. The summed E-state index contributed by atoms with van der Waals surface area (Å²) < 4.78 is 0.705. The van der Waals surface area contributed by atoms with Crippen molar-refractivity contribution in [2.24, 2.45) is 0 Å². The number of aliphatic hydroxyl groups is 1. The van der Waals surface area contributed by atoms with Gasteiger partial charge in [0, 0.05) is 18.8 Å². The highest BCUT2D eigenvalue weighted by Gasteiger charge is 2.31. The molecular weight excluding hydrogens is 252 g/mol. The van der Waals surface area contributed by atoms with Crippen molar-refractivity contribution in [2.45, 2.75) is 18.9 Å². The van der Waals surface area contributed by atoms with Gasteiger partial charge in [0.2, 0.25) is 0 Å². The van der Waals surface area contributed by atoms with E-state index < -0.39 is 11.6 Å². The van der Waals surface area contributed by atoms with Gasteiger partial charge in [0.05, 0.1) is 4.47 Å². The minimum Gasteiger partial charge on any atom is -0.479 e. The highest BCUT2D eigenvalue weighted by molar-refractivity contribution is 9.10. The summed E-state index contributed by atoms with van der Waals surface area (Å²) in [5.41, 5.74) is -1.83. The van der Waals surface area contributed by atoms with Gasteiger partial charge in [0.25, 0.3) is 0 Å². The van der Waals surface area contributed by atoms with Crippen molar-refractivity contribution in [1.29, 1.82) is 0 Å². The number of hydrogen-bond acceptors (Lipinski definition) is 4. The Kier molecular flexibility index (Phi) is 3.17. The molecule has 76 valence electrons. The van der Waals surface area contributed by atoms with Gasteiger partial charge in [-0.1, -0.05) is 0 Å². The zero-order chi connectivity index (χ0) is 10.8. The van der Waals surface area contributed by atoms with E-state index in [1.54, 1.807) is 0 Å². The van der Waals surface area contributed by atoms with Crippen molar-refractivity contribution in [3.8, 4) is 0 Å². The minimum absolute atomic E-state index is 0.115. The Labute approximate surface area is 88.9 Å². The van der Waals surface area contributed by atoms with Gasteiger partial charge >= 0.3 is 5.97 Å². The Morgan fingerprint density at radius 2 is 2.07 bits per heavy atom. The third-order valence-electron chi connectivity index (χ3n) is 1.64. The fourth-order valence-corrected chi connectivity index (χ4v) is 1.02. The lowest BCUT2D eigenvalue weighted by molar-refractivity contribution is -0.156. The number of carboxylic acids is 1. The highest BCUT2D eigenvalue weighted by Crippen LogP contribution is 2.11. The summed E-state index contributed by atoms with van der Waals surface area (Å²) in [5.74, 6) is -0.996. The molecule has 0 aliphatic heterocycles. The van der Waals surface area contributed by atoms with Gasteiger partial charge in [0.15, 0.2) is 5.60 Å². The van der Waals surface area contributed by atoms with E-state index in [4.69, 9.17) is 5.11 Å². The first-order valence-corrected chi connectivity index (χ1v) is 4.63. The first-order chi connectivity index (χ1) is 6.42. The maximum Gasteiger partial charge on any atom is 0.335 e. The summed E-state index contributed by atoms with van der Waals surface area (Å²) >= 11 is 3.15. The average molecular weight is 261 g/mol. The Morgan fingerprint density at radius 3 is 2.50 bits per heavy atom. The van der Waals surface area contributed by atoms with Crippen LogP contribution in [0.2, 0.25) is 0 Å². The molecule has 0 aliphatic rings. The van der Waals surface area contributed by atoms with Gasteiger partial charge in [0.1, 0.15) is 5.82 Å². The first-order valence-electron chi connectivity index (χ1n) is 3.84. The molecule has 1 rings (SSSR count). The fraction of sp³-hybridized carbons (Fsp3) is 0.375. The highest BCUT2D eigenvalue weighted by atomic mass is 79.9. The number of rotatable bonds is 3. The van der Waals surface area contributed by atoms with Crippen LogP contribution in [0.15, 0.2) is 16.9 Å². The lowest BCUT2D eigenvalue weighted by Crippen LogP contribution is -2.37. The van der Waals surface area contributed by atoms with Crippen molar-refractivity contribution in [2.75, 3.05) is 0 Å². The zero-order valence-corrected chi connectivity index (χ0v) is 9.02. The molecule has 0 fully saturated rings. The van der Waals surface area contributed by atoms with Crippen molar-refractivity contribution < 1.29 is 15.0 Å². The number of hydrogen-bond donors (Lipinski definition) is 2. The van der Waals surface area contributed by atoms with Gasteiger partial charge in [-0.2, -0.15) is 0 Å². The molecule has 0 saturated carbocycles. The van der Waals surface area contributed by atoms with Gasteiger partial charge < -0.3 is 10.2 Å². The van der Waals surface area contributed by atoms with E-state index in [9.17, 15) is 9.90 Å². The summed E-state index contributed by atoms with van der Waals surface area (Å²) in [6, 6.07) is 0. The van der Waals surface area contributed by atoms with Crippen molar-refractivity contribution in [3.63, 3.8) is 0 Å². The lowest BCUT2D eigenvalue weighted by Gasteiger charge is -2.16. The van der Waals surface area contributed by atoms with Gasteiger partial charge in [-0.15, -0.1) is 0 Å². The standard InChI is InChI=1S/C8H9BrN2O3/c1-8(14,7(12)13)2-6-10-3-5(9)4-11-6/h3-4,14H,2H2,1H3,(H,12,13). The van der Waals surface area contributed by atoms with E-state index in [-0.39, 0.29) is 6.42 Å². The predicted octanol–water partition coefficient (Wildman–Crippen LogP) is 0.617. The number of carbonyl (C=O) groups is 1. The van der Waals surface area contributed by atoms with Crippen LogP contribution in [0.25, 0.3) is 0 Å². The molecular formula is C8H9BrN2O3. The van der Waals surface area contributed by atoms with Crippen LogP contribution >= 0.6 is 15.9 Å². The predicted molar refractivity (Wildman–Crippen MR) is 51.7 cm³/mol. The van der Waals surface area contributed by atoms with Crippen LogP contribution in [0.1, 0.15) is 12.7 Å². The molecule has 0 radical (unpaired) electrons. The van der Waals surface area contributed by atoms with E-state index in [1.807, 2.05) is 0 Å². The van der Waals surface area contributed by atoms with Crippen LogP contribution in [-0.4, -0.2) is 31.8 Å². The molecule has 14 heavy (non-hydrogen) atoms. The zero-order valence-electron chi connectivity index (χ0n) is 7.44. The second-order valence-corrected chi connectivity index (χ2v) is 3.99. The second kappa shape index (κ2) is 4.02. The maximum absolute atomic E-state index is 10.6. The Hall–Kier alpha value is -1.01. The topological polar surface area (TPSA) is 83.3 Å². The molecule has 5 nitrogen and oxygen atoms in total. The molecule has 0 aromatic carbocycles. The molecule has 1 unspecified atom stereocenters. The van der Waals surface area contributed by atoms with Crippen LogP contribution in [0.3, 0.4) is 0 Å². The van der Waals surface area contributed by atoms with E-state index in [0.29, 0.717) is 10.3 Å². The number of halogens is 1. The summed E-state index contributed by atoms with van der Waals surface area (Å²) in [6.45, 7) is 1.21. The molecule has 0 bridgehead atoms. The van der Waals surface area contributed by atoms with Crippen LogP contribution in [0.4, 0.5) is 0 Å². The van der Waals surface area contributed by atoms with E-state index >= 15 is 0 Å². The van der Waals surface area contributed by atoms with E-state index in [2.05, 4.69) is 25.9 Å². The monoisotopic (exact) mass is 260 g/mol. The molecule has 0 spiro atoms. The second-order valence-electron chi connectivity index (χ2n) is 3.07. The molecule has 0 aliphatic carbocycles. The Bertz CT molecular complexity index is 337. The van der Waals surface area contributed by atoms with Crippen LogP contribution in [-0.2, 0) is 11.2 Å². The summed E-state index contributed by atoms with van der Waals surface area (Å²) in [7, 11) is 0. The number of aromatic nitrogens is 2. The summed E-state index contributed by atoms with van der Waals surface area (Å²) in [6.07, 6.45) is 2.89. The smallest absolute Gasteiger partial charge is 0.335 e. The maximum atomic E-state index is 10.6. The first kappa shape index (κ1) is 11.1. The summed E-state index contributed by atoms with van der Waals surface area (Å²) in [4.78, 5) is 18.3. The molecule has 1 atom stereocenters. The molecule has 1 heterocycles. The largest absolute Gasteiger partial charge is 0.479 e. The van der Waals surface area contributed by atoms with Crippen LogP contribution in [0.5, 0.6) is 0 Å². The van der Waals surface area contributed by atoms with Crippen molar-refractivity contribution in [1.82, 2.24) is 9.97 Å². The van der Waals surface area contributed by atoms with Crippen LogP contribution < -0.4 is 0 Å². The van der Waals surface area contributed by atoms with Crippen molar-refractivity contribution in [3.05, 3.63) is 22.7 Å². The minimum atomic E-state index is -1.83. The molecule has 0 saturated heterocycles. The Morgan fingerprint density at radius 1 is 1.57 bits per heavy atom. The third-order valence-corrected chi connectivity index (χ3v) is 2.05. The number of aliphatic carboxylic acids is 1. The molecule has 6 heteroatoms. The molecule has 2 N–H and O–H groups in total. The lowest BCUT2D eigenvalue weighted by atomic mass is 10.0. The molecule has 1 aromatic rings. The fourth-order valence-electron chi connectivity index (χ4n) is 0.814. The number of carboxylic acid groups (broad SMARTS) is 1. The van der Waals surface area contributed by atoms with E-state index in [1.165, 1.54) is 19.3 Å². The quantitative estimate of drug-likeness (QED) is 0.833.